The summed E-state index contributed by atoms with van der Waals surface area (Å²) in [4.78, 5) is 25.2. The number of benzene rings is 1. The lowest BCUT2D eigenvalue weighted by Gasteiger charge is -2.26. The molecule has 0 amide bonds. The van der Waals surface area contributed by atoms with Crippen molar-refractivity contribution < 1.29 is 32.0 Å². The molecule has 0 aliphatic carbocycles. The summed E-state index contributed by atoms with van der Waals surface area (Å²) in [5.74, 6) is -2.53. The van der Waals surface area contributed by atoms with Crippen LogP contribution in [0.5, 0.6) is 0 Å². The van der Waals surface area contributed by atoms with Gasteiger partial charge in [-0.2, -0.15) is 0 Å². The number of halogens is 1. The molecule has 0 spiro atoms. The predicted molar refractivity (Wildman–Crippen MR) is 127 cm³/mol. The molecule has 1 aromatic heterocycles. The Kier molecular flexibility index (Phi) is 10.6. The first-order chi connectivity index (χ1) is 16.2. The van der Waals surface area contributed by atoms with Crippen molar-refractivity contribution in [2.24, 2.45) is 5.92 Å². The molecule has 0 aliphatic rings. The number of hydrogen-bond acceptors (Lipinski definition) is 9. The van der Waals surface area contributed by atoms with Gasteiger partial charge < -0.3 is 19.3 Å². The number of anilines is 2. The summed E-state index contributed by atoms with van der Waals surface area (Å²) in [5.41, 5.74) is 0.531. The van der Waals surface area contributed by atoms with Crippen LogP contribution in [0.1, 0.15) is 46.5 Å². The van der Waals surface area contributed by atoms with Crippen LogP contribution in [0.25, 0.3) is 0 Å². The van der Waals surface area contributed by atoms with Crippen LogP contribution in [0.15, 0.2) is 39.8 Å². The minimum absolute atomic E-state index is 0.0213. The van der Waals surface area contributed by atoms with Gasteiger partial charge in [0.2, 0.25) is 5.22 Å². The fourth-order valence-corrected chi connectivity index (χ4v) is 4.39. The Hall–Kier alpha value is -2.79. The first-order valence-electron chi connectivity index (χ1n) is 11.1. The monoisotopic (exact) mass is 515 g/mol. The molecule has 0 fully saturated rings. The lowest BCUT2D eigenvalue weighted by molar-refractivity contribution is -0.162. The highest BCUT2D eigenvalue weighted by atomic mass is 35.5. The molecule has 2 aromatic rings. The summed E-state index contributed by atoms with van der Waals surface area (Å²) in [7, 11) is -3.93. The summed E-state index contributed by atoms with van der Waals surface area (Å²) in [6.45, 7) is 5.65. The summed E-state index contributed by atoms with van der Waals surface area (Å²) in [6.07, 6.45) is 3.18. The van der Waals surface area contributed by atoms with Gasteiger partial charge in [-0.25, -0.2) is 8.42 Å². The summed E-state index contributed by atoms with van der Waals surface area (Å²) in [6, 6.07) is 6.51. The number of nitrogens with one attached hydrogen (secondary N) is 2. The van der Waals surface area contributed by atoms with E-state index in [9.17, 15) is 18.0 Å². The first-order valence-corrected chi connectivity index (χ1v) is 12.9. The van der Waals surface area contributed by atoms with Crippen LogP contribution in [-0.4, -0.2) is 44.8 Å². The third kappa shape index (κ3) is 7.91. The van der Waals surface area contributed by atoms with Crippen molar-refractivity contribution in [2.75, 3.05) is 23.3 Å². The van der Waals surface area contributed by atoms with Gasteiger partial charge in [-0.1, -0.05) is 31.3 Å². The van der Waals surface area contributed by atoms with Crippen molar-refractivity contribution in [3.8, 4) is 0 Å². The van der Waals surface area contributed by atoms with E-state index >= 15 is 0 Å². The predicted octanol–water partition coefficient (Wildman–Crippen LogP) is 4.23. The molecule has 0 unspecified atom stereocenters. The van der Waals surface area contributed by atoms with Gasteiger partial charge in [0.15, 0.2) is 11.7 Å². The van der Waals surface area contributed by atoms with E-state index in [2.05, 4.69) is 26.6 Å². The van der Waals surface area contributed by atoms with E-state index < -0.39 is 33.9 Å². The highest BCUT2D eigenvalue weighted by Gasteiger charge is 2.37. The maximum atomic E-state index is 12.6. The van der Waals surface area contributed by atoms with Crippen molar-refractivity contribution >= 4 is 45.1 Å². The fourth-order valence-electron chi connectivity index (χ4n) is 3.27. The Bertz CT molecular complexity index is 1020. The molecule has 1 atom stereocenters. The normalized spacial score (nSPS) is 12.3. The third-order valence-electron chi connectivity index (χ3n) is 4.84. The molecule has 1 aromatic carbocycles. The average Bonchev–Trinajstić information content (AvgIpc) is 3.18. The second-order valence-electron chi connectivity index (χ2n) is 7.37. The molecule has 12 heteroatoms. The molecule has 188 valence electrons. The summed E-state index contributed by atoms with van der Waals surface area (Å²) < 4.78 is 42.3. The Morgan fingerprint density at radius 3 is 2.18 bits per heavy atom. The summed E-state index contributed by atoms with van der Waals surface area (Å²) in [5, 5.41) is 6.64. The number of carbonyl (C=O) groups excluding carboxylic acids is 2. The van der Waals surface area contributed by atoms with Crippen molar-refractivity contribution in [1.29, 1.82) is 0 Å². The van der Waals surface area contributed by atoms with Gasteiger partial charge in [0.1, 0.15) is 0 Å². The Morgan fingerprint density at radius 2 is 1.68 bits per heavy atom. The smallest absolute Gasteiger partial charge is 0.322 e. The van der Waals surface area contributed by atoms with Crippen LogP contribution in [-0.2, 0) is 29.1 Å². The molecule has 2 N–H and O–H groups in total. The molecule has 0 aliphatic heterocycles. The van der Waals surface area contributed by atoms with Crippen molar-refractivity contribution in [1.82, 2.24) is 5.16 Å². The molecule has 0 saturated heterocycles. The van der Waals surface area contributed by atoms with E-state index in [4.69, 9.17) is 21.1 Å². The molecule has 0 radical (unpaired) electrons. The lowest BCUT2D eigenvalue weighted by atomic mass is 9.94. The van der Waals surface area contributed by atoms with Gasteiger partial charge >= 0.3 is 11.9 Å². The van der Waals surface area contributed by atoms with Crippen molar-refractivity contribution in [2.45, 2.75) is 57.4 Å². The lowest BCUT2D eigenvalue weighted by Crippen LogP contribution is -2.42. The molecule has 2 rings (SSSR count). The third-order valence-corrected chi connectivity index (χ3v) is 6.39. The SMILES string of the molecule is CCCCC[C@@H](Nc1ccc(S(=O)(=O)Nc2cc(Cl)on2)cc1)C(C(=O)OCC)C(=O)OCC. The number of hydrogen-bond donors (Lipinski definition) is 2. The second-order valence-corrected chi connectivity index (χ2v) is 9.43. The van der Waals surface area contributed by atoms with Crippen molar-refractivity contribution in [3.63, 3.8) is 0 Å². The number of ether oxygens (including phenoxy) is 2. The number of rotatable bonds is 14. The molecule has 34 heavy (non-hydrogen) atoms. The van der Waals surface area contributed by atoms with E-state index in [1.807, 2.05) is 0 Å². The van der Waals surface area contributed by atoms with Crippen LogP contribution in [0.3, 0.4) is 0 Å². The second kappa shape index (κ2) is 13.2. The number of nitrogens with zero attached hydrogens (tertiary/aromatic N) is 1. The quantitative estimate of drug-likeness (QED) is 0.215. The highest BCUT2D eigenvalue weighted by molar-refractivity contribution is 7.92. The largest absolute Gasteiger partial charge is 0.465 e. The number of carbonyl (C=O) groups is 2. The number of esters is 2. The van der Waals surface area contributed by atoms with Crippen LogP contribution in [0.2, 0.25) is 5.22 Å². The zero-order valence-corrected chi connectivity index (χ0v) is 20.9. The van der Waals surface area contributed by atoms with E-state index in [1.54, 1.807) is 26.0 Å². The standard InChI is InChI=1S/C22H30ClN3O7S/c1-4-7-8-9-17(20(21(27)31-5-2)22(28)32-6-3)24-15-10-12-16(13-11-15)34(29,30)26-19-14-18(23)33-25-19/h10-14,17,20,24H,4-9H2,1-3H3,(H,25,26)/t17-/m1/s1. The van der Waals surface area contributed by atoms with Crippen LogP contribution < -0.4 is 10.0 Å². The average molecular weight is 516 g/mol. The van der Waals surface area contributed by atoms with Crippen molar-refractivity contribution in [3.05, 3.63) is 35.6 Å². The van der Waals surface area contributed by atoms with Gasteiger partial charge in [-0.05, 0) is 56.1 Å². The van der Waals surface area contributed by atoms with Crippen LogP contribution in [0, 0.1) is 5.92 Å². The van der Waals surface area contributed by atoms with Crippen LogP contribution >= 0.6 is 11.6 Å². The number of aromatic nitrogens is 1. The molecule has 10 nitrogen and oxygen atoms in total. The zero-order valence-electron chi connectivity index (χ0n) is 19.4. The molecular formula is C22H30ClN3O7S. The topological polar surface area (TPSA) is 137 Å². The maximum absolute atomic E-state index is 12.6. The van der Waals surface area contributed by atoms with Gasteiger partial charge in [-0.15, -0.1) is 0 Å². The van der Waals surface area contributed by atoms with E-state index in [0.717, 1.165) is 19.3 Å². The van der Waals surface area contributed by atoms with Gasteiger partial charge in [0.25, 0.3) is 10.0 Å². The van der Waals surface area contributed by atoms with Gasteiger partial charge in [-0.3, -0.25) is 14.3 Å². The van der Waals surface area contributed by atoms with E-state index in [1.165, 1.54) is 18.2 Å². The first kappa shape index (κ1) is 27.5. The van der Waals surface area contributed by atoms with E-state index in [-0.39, 0.29) is 29.1 Å². The molecule has 1 heterocycles. The van der Waals surface area contributed by atoms with Gasteiger partial charge in [0.05, 0.1) is 24.2 Å². The highest BCUT2D eigenvalue weighted by Crippen LogP contribution is 2.24. The minimum atomic E-state index is -3.93. The maximum Gasteiger partial charge on any atom is 0.322 e. The number of sulfonamides is 1. The fraction of sp³-hybridized carbons (Fsp3) is 0.500. The Morgan fingerprint density at radius 1 is 1.06 bits per heavy atom. The van der Waals surface area contributed by atoms with E-state index in [0.29, 0.717) is 12.1 Å². The number of unbranched alkanes of at least 4 members (excludes halogenated alkanes) is 2. The Balaban J connectivity index is 2.24. The summed E-state index contributed by atoms with van der Waals surface area (Å²) >= 11 is 5.62. The molecule has 0 saturated carbocycles. The van der Waals surface area contributed by atoms with Gasteiger partial charge in [0, 0.05) is 11.8 Å². The molecular weight excluding hydrogens is 486 g/mol. The minimum Gasteiger partial charge on any atom is -0.465 e. The van der Waals surface area contributed by atoms with Crippen LogP contribution in [0.4, 0.5) is 11.5 Å². The Labute approximate surface area is 204 Å². The zero-order chi connectivity index (χ0) is 25.1. The molecule has 0 bridgehead atoms.